The van der Waals surface area contributed by atoms with Crippen LogP contribution in [-0.4, -0.2) is 41.8 Å². The van der Waals surface area contributed by atoms with Crippen molar-refractivity contribution in [3.8, 4) is 0 Å². The third-order valence-electron chi connectivity index (χ3n) is 3.15. The summed E-state index contributed by atoms with van der Waals surface area (Å²) < 4.78 is 12.8. The largest absolute Gasteiger partial charge is 0.394 e. The summed E-state index contributed by atoms with van der Waals surface area (Å²) in [5, 5.41) is 11.5. The highest BCUT2D eigenvalue weighted by Gasteiger charge is 2.31. The Bertz CT molecular complexity index is 416. The van der Waals surface area contributed by atoms with Crippen molar-refractivity contribution in [3.05, 3.63) is 35.6 Å². The molecule has 1 aromatic carbocycles. The van der Waals surface area contributed by atoms with Crippen molar-refractivity contribution in [2.24, 2.45) is 0 Å². The van der Waals surface area contributed by atoms with Gasteiger partial charge in [0.05, 0.1) is 12.6 Å². The van der Waals surface area contributed by atoms with Gasteiger partial charge in [-0.2, -0.15) is 0 Å². The number of benzene rings is 1. The molecule has 1 heterocycles. The summed E-state index contributed by atoms with van der Waals surface area (Å²) in [5.41, 5.74) is 1.05. The van der Waals surface area contributed by atoms with Gasteiger partial charge in [-0.05, 0) is 24.6 Å². The molecule has 0 radical (unpaired) electrons. The van der Waals surface area contributed by atoms with E-state index < -0.39 is 0 Å². The Balaban J connectivity index is 1.83. The second-order valence-corrected chi connectivity index (χ2v) is 4.69. The van der Waals surface area contributed by atoms with Crippen LogP contribution in [0.2, 0.25) is 0 Å². The van der Waals surface area contributed by atoms with Crippen LogP contribution < -0.4 is 5.32 Å². The van der Waals surface area contributed by atoms with Crippen LogP contribution in [0.15, 0.2) is 24.3 Å². The molecule has 0 aromatic heterocycles. The van der Waals surface area contributed by atoms with Crippen molar-refractivity contribution >= 4 is 6.03 Å². The summed E-state index contributed by atoms with van der Waals surface area (Å²) in [5.74, 6) is 0.0326. The maximum Gasteiger partial charge on any atom is 0.317 e. The predicted octanol–water partition coefficient (Wildman–Crippen LogP) is 1.32. The molecule has 1 aromatic rings. The van der Waals surface area contributed by atoms with Crippen molar-refractivity contribution in [1.29, 1.82) is 0 Å². The molecule has 1 aliphatic rings. The number of carbonyl (C=O) groups is 1. The molecular weight excluding hydrogens is 235 g/mol. The van der Waals surface area contributed by atoms with E-state index in [2.05, 4.69) is 5.32 Å². The molecule has 4 nitrogen and oxygen atoms in total. The lowest BCUT2D eigenvalue weighted by Gasteiger charge is -2.39. The van der Waals surface area contributed by atoms with Gasteiger partial charge in [-0.3, -0.25) is 0 Å². The zero-order chi connectivity index (χ0) is 13.1. The molecule has 18 heavy (non-hydrogen) atoms. The van der Waals surface area contributed by atoms with Gasteiger partial charge in [0.1, 0.15) is 5.82 Å². The summed E-state index contributed by atoms with van der Waals surface area (Å²) in [6, 6.07) is 5.99. The molecule has 1 atom stereocenters. The van der Waals surface area contributed by atoms with E-state index in [1.807, 2.05) is 0 Å². The van der Waals surface area contributed by atoms with Gasteiger partial charge < -0.3 is 15.3 Å². The molecule has 98 valence electrons. The molecule has 1 unspecified atom stereocenters. The van der Waals surface area contributed by atoms with Gasteiger partial charge in [-0.1, -0.05) is 12.1 Å². The van der Waals surface area contributed by atoms with Crippen molar-refractivity contribution in [2.45, 2.75) is 18.9 Å². The third-order valence-corrected chi connectivity index (χ3v) is 3.15. The first-order valence-electron chi connectivity index (χ1n) is 6.02. The lowest BCUT2D eigenvalue weighted by molar-refractivity contribution is 0.143. The van der Waals surface area contributed by atoms with Crippen LogP contribution in [0.5, 0.6) is 0 Å². The second-order valence-electron chi connectivity index (χ2n) is 4.69. The highest BCUT2D eigenvalue weighted by atomic mass is 19.1. The van der Waals surface area contributed by atoms with Crippen molar-refractivity contribution in [1.82, 2.24) is 10.2 Å². The fourth-order valence-electron chi connectivity index (χ4n) is 1.94. The number of hydrogen-bond acceptors (Lipinski definition) is 2. The number of carbonyl (C=O) groups excluding carboxylic acids is 1. The molecule has 0 bridgehead atoms. The van der Waals surface area contributed by atoms with Gasteiger partial charge >= 0.3 is 6.03 Å². The lowest BCUT2D eigenvalue weighted by atomic mass is 9.92. The lowest BCUT2D eigenvalue weighted by Crippen LogP contribution is -2.54. The Morgan fingerprint density at radius 2 is 2.11 bits per heavy atom. The van der Waals surface area contributed by atoms with E-state index in [9.17, 15) is 9.18 Å². The first-order chi connectivity index (χ1) is 8.60. The van der Waals surface area contributed by atoms with E-state index >= 15 is 0 Å². The molecule has 2 rings (SSSR count). The van der Waals surface area contributed by atoms with E-state index in [0.29, 0.717) is 13.1 Å². The van der Waals surface area contributed by atoms with Crippen LogP contribution in [0.25, 0.3) is 0 Å². The topological polar surface area (TPSA) is 52.6 Å². The monoisotopic (exact) mass is 252 g/mol. The molecule has 0 aliphatic carbocycles. The van der Waals surface area contributed by atoms with E-state index in [1.54, 1.807) is 24.0 Å². The predicted molar refractivity (Wildman–Crippen MR) is 65.8 cm³/mol. The second kappa shape index (κ2) is 5.35. The molecule has 2 amide bonds. The number of hydrogen-bond donors (Lipinski definition) is 2. The van der Waals surface area contributed by atoms with Gasteiger partial charge in [0.2, 0.25) is 0 Å². The third kappa shape index (κ3) is 2.79. The molecule has 2 N–H and O–H groups in total. The number of amides is 2. The van der Waals surface area contributed by atoms with Crippen LogP contribution in [-0.2, 0) is 0 Å². The molecule has 1 saturated heterocycles. The van der Waals surface area contributed by atoms with Crippen molar-refractivity contribution in [3.63, 3.8) is 0 Å². The summed E-state index contributed by atoms with van der Waals surface area (Å²) in [7, 11) is 0. The fourth-order valence-corrected chi connectivity index (χ4v) is 1.94. The normalized spacial score (nSPS) is 17.2. The number of halogens is 1. The van der Waals surface area contributed by atoms with E-state index in [4.69, 9.17) is 5.11 Å². The van der Waals surface area contributed by atoms with Crippen LogP contribution >= 0.6 is 0 Å². The Labute approximate surface area is 105 Å². The minimum atomic E-state index is -0.246. The first-order valence-corrected chi connectivity index (χ1v) is 6.02. The number of rotatable bonds is 3. The maximum atomic E-state index is 12.8. The SMILES string of the molecule is CC(CO)NC(=O)N1CC(c2ccc(F)cc2)C1. The number of aliphatic hydroxyl groups is 1. The van der Waals surface area contributed by atoms with E-state index in [-0.39, 0.29) is 30.4 Å². The molecule has 5 heteroatoms. The quantitative estimate of drug-likeness (QED) is 0.852. The number of nitrogens with one attached hydrogen (secondary N) is 1. The van der Waals surface area contributed by atoms with E-state index in [0.717, 1.165) is 5.56 Å². The van der Waals surface area contributed by atoms with E-state index in [1.165, 1.54) is 12.1 Å². The highest BCUT2D eigenvalue weighted by molar-refractivity contribution is 5.75. The minimum absolute atomic E-state index is 0.0685. The van der Waals surface area contributed by atoms with Gasteiger partial charge in [-0.15, -0.1) is 0 Å². The van der Waals surface area contributed by atoms with Crippen LogP contribution in [0, 0.1) is 5.82 Å². The average molecular weight is 252 g/mol. The fraction of sp³-hybridized carbons (Fsp3) is 0.462. The first kappa shape index (κ1) is 12.8. The highest BCUT2D eigenvalue weighted by Crippen LogP contribution is 2.26. The smallest absolute Gasteiger partial charge is 0.317 e. The zero-order valence-electron chi connectivity index (χ0n) is 10.3. The number of urea groups is 1. The Morgan fingerprint density at radius 3 is 2.67 bits per heavy atom. The summed E-state index contributed by atoms with van der Waals surface area (Å²) in [6.45, 7) is 2.95. The zero-order valence-corrected chi connectivity index (χ0v) is 10.3. The summed E-state index contributed by atoms with van der Waals surface area (Å²) >= 11 is 0. The van der Waals surface area contributed by atoms with Crippen molar-refractivity contribution < 1.29 is 14.3 Å². The van der Waals surface area contributed by atoms with Crippen LogP contribution in [0.1, 0.15) is 18.4 Å². The average Bonchev–Trinajstić information content (AvgIpc) is 2.29. The standard InChI is InChI=1S/C13H17FN2O2/c1-9(8-17)15-13(18)16-6-11(7-16)10-2-4-12(14)5-3-10/h2-5,9,11,17H,6-8H2,1H3,(H,15,18). The Hall–Kier alpha value is -1.62. The molecule has 0 spiro atoms. The van der Waals surface area contributed by atoms with Crippen LogP contribution in [0.4, 0.5) is 9.18 Å². The number of aliphatic hydroxyl groups excluding tert-OH is 1. The van der Waals surface area contributed by atoms with Gasteiger partial charge in [0, 0.05) is 19.0 Å². The van der Waals surface area contributed by atoms with Gasteiger partial charge in [0.25, 0.3) is 0 Å². The maximum absolute atomic E-state index is 12.8. The number of likely N-dealkylation sites (tertiary alicyclic amines) is 1. The Kier molecular flexibility index (Phi) is 3.81. The van der Waals surface area contributed by atoms with Crippen molar-refractivity contribution in [2.75, 3.05) is 19.7 Å². The minimum Gasteiger partial charge on any atom is -0.394 e. The summed E-state index contributed by atoms with van der Waals surface area (Å²) in [4.78, 5) is 13.4. The molecular formula is C13H17FN2O2. The molecule has 0 saturated carbocycles. The molecule has 1 fully saturated rings. The number of nitrogens with zero attached hydrogens (tertiary/aromatic N) is 1. The molecule has 1 aliphatic heterocycles. The summed E-state index contributed by atoms with van der Waals surface area (Å²) in [6.07, 6.45) is 0. The van der Waals surface area contributed by atoms with Gasteiger partial charge in [0.15, 0.2) is 0 Å². The van der Waals surface area contributed by atoms with Gasteiger partial charge in [-0.25, -0.2) is 9.18 Å². The van der Waals surface area contributed by atoms with Crippen LogP contribution in [0.3, 0.4) is 0 Å². The Morgan fingerprint density at radius 1 is 1.50 bits per heavy atom.